The van der Waals surface area contributed by atoms with Crippen molar-refractivity contribution < 1.29 is 4.79 Å². The largest absolute Gasteiger partial charge is 0.346 e. The molecule has 1 aromatic rings. The van der Waals surface area contributed by atoms with Crippen LogP contribution < -0.4 is 10.6 Å². The molecule has 2 fully saturated rings. The first-order chi connectivity index (χ1) is 10.1. The fraction of sp³-hybridized carbons (Fsp3) is 0.706. The highest BCUT2D eigenvalue weighted by Crippen LogP contribution is 2.38. The maximum absolute atomic E-state index is 12.0. The Morgan fingerprint density at radius 3 is 2.57 bits per heavy atom. The molecular weight excluding hydrogens is 262 g/mol. The van der Waals surface area contributed by atoms with Crippen molar-refractivity contribution in [1.82, 2.24) is 15.2 Å². The van der Waals surface area contributed by atoms with Crippen molar-refractivity contribution in [2.45, 2.75) is 77.4 Å². The molecule has 0 spiro atoms. The SMILES string of the molecule is Cc1cc(CNC(=O)NC2CCCCC2)c(C)n1C1CC1. The first-order valence-corrected chi connectivity index (χ1v) is 8.37. The van der Waals surface area contributed by atoms with Gasteiger partial charge in [-0.3, -0.25) is 0 Å². The predicted octanol–water partition coefficient (Wildman–Crippen LogP) is 3.57. The van der Waals surface area contributed by atoms with E-state index >= 15 is 0 Å². The average molecular weight is 289 g/mol. The molecule has 2 amide bonds. The van der Waals surface area contributed by atoms with Crippen LogP contribution in [0.25, 0.3) is 0 Å². The summed E-state index contributed by atoms with van der Waals surface area (Å²) in [5.41, 5.74) is 3.88. The highest BCUT2D eigenvalue weighted by Gasteiger charge is 2.27. The monoisotopic (exact) mass is 289 g/mol. The number of amides is 2. The van der Waals surface area contributed by atoms with E-state index < -0.39 is 0 Å². The molecule has 4 nitrogen and oxygen atoms in total. The van der Waals surface area contributed by atoms with Crippen molar-refractivity contribution in [3.8, 4) is 0 Å². The van der Waals surface area contributed by atoms with Crippen LogP contribution in [0.5, 0.6) is 0 Å². The Bertz CT molecular complexity index is 510. The highest BCUT2D eigenvalue weighted by molar-refractivity contribution is 5.74. The maximum Gasteiger partial charge on any atom is 0.315 e. The minimum absolute atomic E-state index is 0.0156. The number of aromatic nitrogens is 1. The van der Waals surface area contributed by atoms with Crippen LogP contribution in [-0.2, 0) is 6.54 Å². The number of urea groups is 1. The maximum atomic E-state index is 12.0. The van der Waals surface area contributed by atoms with Gasteiger partial charge in [-0.2, -0.15) is 0 Å². The van der Waals surface area contributed by atoms with Crippen LogP contribution in [0.4, 0.5) is 4.79 Å². The smallest absolute Gasteiger partial charge is 0.315 e. The lowest BCUT2D eigenvalue weighted by Gasteiger charge is -2.22. The van der Waals surface area contributed by atoms with E-state index in [1.54, 1.807) is 0 Å². The van der Waals surface area contributed by atoms with Gasteiger partial charge in [0.05, 0.1) is 0 Å². The van der Waals surface area contributed by atoms with E-state index in [4.69, 9.17) is 0 Å². The highest BCUT2D eigenvalue weighted by atomic mass is 16.2. The lowest BCUT2D eigenvalue weighted by molar-refractivity contribution is 0.232. The third-order valence-corrected chi connectivity index (χ3v) is 4.88. The normalized spacial score (nSPS) is 19.5. The molecule has 21 heavy (non-hydrogen) atoms. The second-order valence-electron chi connectivity index (χ2n) is 6.66. The van der Waals surface area contributed by atoms with E-state index in [9.17, 15) is 4.79 Å². The number of rotatable bonds is 4. The summed E-state index contributed by atoms with van der Waals surface area (Å²) in [4.78, 5) is 12.0. The zero-order valence-electron chi connectivity index (χ0n) is 13.2. The molecular formula is C17H27N3O. The van der Waals surface area contributed by atoms with Crippen LogP contribution in [0, 0.1) is 13.8 Å². The fourth-order valence-electron chi connectivity index (χ4n) is 3.58. The Morgan fingerprint density at radius 1 is 1.19 bits per heavy atom. The van der Waals surface area contributed by atoms with Gasteiger partial charge in [-0.25, -0.2) is 4.79 Å². The third-order valence-electron chi connectivity index (χ3n) is 4.88. The van der Waals surface area contributed by atoms with Crippen molar-refractivity contribution in [3.63, 3.8) is 0 Å². The van der Waals surface area contributed by atoms with E-state index in [1.807, 2.05) is 0 Å². The molecule has 0 unspecified atom stereocenters. The second kappa shape index (κ2) is 6.12. The van der Waals surface area contributed by atoms with Crippen LogP contribution in [0.2, 0.25) is 0 Å². The Kier molecular flexibility index (Phi) is 4.22. The van der Waals surface area contributed by atoms with Gasteiger partial charge < -0.3 is 15.2 Å². The summed E-state index contributed by atoms with van der Waals surface area (Å²) in [5, 5.41) is 6.13. The molecule has 0 atom stereocenters. The number of carbonyl (C=O) groups excluding carboxylic acids is 1. The zero-order chi connectivity index (χ0) is 14.8. The quantitative estimate of drug-likeness (QED) is 0.874. The molecule has 0 bridgehead atoms. The van der Waals surface area contributed by atoms with Crippen molar-refractivity contribution in [1.29, 1.82) is 0 Å². The topological polar surface area (TPSA) is 46.1 Å². The van der Waals surface area contributed by atoms with Gasteiger partial charge in [0.1, 0.15) is 0 Å². The van der Waals surface area contributed by atoms with Crippen molar-refractivity contribution in [3.05, 3.63) is 23.0 Å². The summed E-state index contributed by atoms with van der Waals surface area (Å²) in [6.45, 7) is 4.96. The molecule has 2 N–H and O–H groups in total. The fourth-order valence-corrected chi connectivity index (χ4v) is 3.58. The van der Waals surface area contributed by atoms with Gasteiger partial charge in [0, 0.05) is 30.0 Å². The van der Waals surface area contributed by atoms with E-state index in [0.717, 1.165) is 12.8 Å². The first kappa shape index (κ1) is 14.5. The summed E-state index contributed by atoms with van der Waals surface area (Å²) in [6, 6.07) is 3.28. The molecule has 0 aliphatic heterocycles. The minimum Gasteiger partial charge on any atom is -0.346 e. The van der Waals surface area contributed by atoms with Gasteiger partial charge in [0.25, 0.3) is 0 Å². The number of nitrogens with one attached hydrogen (secondary N) is 2. The summed E-state index contributed by atoms with van der Waals surface area (Å²) >= 11 is 0. The standard InChI is InChI=1S/C17H27N3O/c1-12-10-14(13(2)20(12)16-8-9-16)11-18-17(21)19-15-6-4-3-5-7-15/h10,15-16H,3-9,11H2,1-2H3,(H2,18,19,21). The first-order valence-electron chi connectivity index (χ1n) is 8.37. The molecule has 2 saturated carbocycles. The van der Waals surface area contributed by atoms with Crippen molar-refractivity contribution >= 4 is 6.03 Å². The average Bonchev–Trinajstić information content (AvgIpc) is 3.25. The van der Waals surface area contributed by atoms with E-state index in [2.05, 4.69) is 35.1 Å². The molecule has 0 aromatic carbocycles. The summed E-state index contributed by atoms with van der Waals surface area (Å²) in [6.07, 6.45) is 8.65. The van der Waals surface area contributed by atoms with Gasteiger partial charge in [-0.15, -0.1) is 0 Å². The van der Waals surface area contributed by atoms with Gasteiger partial charge in [-0.1, -0.05) is 19.3 Å². The van der Waals surface area contributed by atoms with Crippen molar-refractivity contribution in [2.24, 2.45) is 0 Å². The molecule has 116 valence electrons. The van der Waals surface area contributed by atoms with E-state index in [1.165, 1.54) is 49.1 Å². The molecule has 1 heterocycles. The minimum atomic E-state index is -0.0156. The van der Waals surface area contributed by atoms with Gasteiger partial charge in [-0.05, 0) is 51.2 Å². The number of carbonyl (C=O) groups is 1. The summed E-state index contributed by atoms with van der Waals surface area (Å²) in [5.74, 6) is 0. The lowest BCUT2D eigenvalue weighted by atomic mass is 9.96. The molecule has 2 aliphatic rings. The van der Waals surface area contributed by atoms with E-state index in [0.29, 0.717) is 18.6 Å². The number of aryl methyl sites for hydroxylation is 1. The summed E-state index contributed by atoms with van der Waals surface area (Å²) < 4.78 is 2.43. The Labute approximate surface area is 127 Å². The van der Waals surface area contributed by atoms with Gasteiger partial charge in [0.15, 0.2) is 0 Å². The van der Waals surface area contributed by atoms with Crippen molar-refractivity contribution in [2.75, 3.05) is 0 Å². The van der Waals surface area contributed by atoms with Gasteiger partial charge >= 0.3 is 6.03 Å². The Morgan fingerprint density at radius 2 is 1.90 bits per heavy atom. The number of nitrogens with zero attached hydrogens (tertiary/aromatic N) is 1. The molecule has 4 heteroatoms. The number of hydrogen-bond donors (Lipinski definition) is 2. The molecule has 0 radical (unpaired) electrons. The van der Waals surface area contributed by atoms with Crippen LogP contribution in [0.1, 0.15) is 67.9 Å². The number of hydrogen-bond acceptors (Lipinski definition) is 1. The van der Waals surface area contributed by atoms with Gasteiger partial charge in [0.2, 0.25) is 0 Å². The Balaban J connectivity index is 1.52. The van der Waals surface area contributed by atoms with Crippen LogP contribution >= 0.6 is 0 Å². The third kappa shape index (κ3) is 3.42. The molecule has 1 aromatic heterocycles. The zero-order valence-corrected chi connectivity index (χ0v) is 13.2. The predicted molar refractivity (Wildman–Crippen MR) is 84.4 cm³/mol. The summed E-state index contributed by atoms with van der Waals surface area (Å²) in [7, 11) is 0. The second-order valence-corrected chi connectivity index (χ2v) is 6.66. The van der Waals surface area contributed by atoms with Crippen LogP contribution in [-0.4, -0.2) is 16.6 Å². The van der Waals surface area contributed by atoms with Crippen LogP contribution in [0.3, 0.4) is 0 Å². The molecule has 2 aliphatic carbocycles. The lowest BCUT2D eigenvalue weighted by Crippen LogP contribution is -2.42. The van der Waals surface area contributed by atoms with E-state index in [-0.39, 0.29) is 6.03 Å². The van der Waals surface area contributed by atoms with Crippen LogP contribution in [0.15, 0.2) is 6.07 Å². The Hall–Kier alpha value is -1.45. The molecule has 0 saturated heterocycles. The molecule has 3 rings (SSSR count).